The Morgan fingerprint density at radius 1 is 1.06 bits per heavy atom. The van der Waals surface area contributed by atoms with Crippen molar-refractivity contribution in [1.29, 1.82) is 0 Å². The highest BCUT2D eigenvalue weighted by Crippen LogP contribution is 2.35. The van der Waals surface area contributed by atoms with Crippen LogP contribution in [0, 0.1) is 0 Å². The maximum absolute atomic E-state index is 13.6. The average molecular weight is 496 g/mol. The number of para-hydroxylation sites is 1. The molecular formula is C23H18BrN3O3S. The van der Waals surface area contributed by atoms with Gasteiger partial charge in [0.15, 0.2) is 11.5 Å². The smallest absolute Gasteiger partial charge is 0.284 e. The second-order valence-electron chi connectivity index (χ2n) is 6.42. The van der Waals surface area contributed by atoms with E-state index in [1.54, 1.807) is 24.4 Å². The van der Waals surface area contributed by atoms with Gasteiger partial charge in [-0.1, -0.05) is 63.7 Å². The number of halogens is 1. The van der Waals surface area contributed by atoms with E-state index >= 15 is 0 Å². The molecule has 0 fully saturated rings. The SMILES string of the molecule is COc1cccc(C(=O)N(/N=C/c2ccccc2)c2nc3ccc(Br)cc3s2)c1OC. The van der Waals surface area contributed by atoms with Crippen LogP contribution in [0.4, 0.5) is 5.13 Å². The molecule has 4 rings (SSSR count). The van der Waals surface area contributed by atoms with E-state index in [1.165, 1.54) is 30.6 Å². The molecule has 8 heteroatoms. The van der Waals surface area contributed by atoms with Gasteiger partial charge < -0.3 is 9.47 Å². The predicted octanol–water partition coefficient (Wildman–Crippen LogP) is 5.76. The molecule has 0 aliphatic carbocycles. The molecule has 31 heavy (non-hydrogen) atoms. The van der Waals surface area contributed by atoms with Crippen molar-refractivity contribution in [3.8, 4) is 11.5 Å². The number of fused-ring (bicyclic) bond motifs is 1. The molecule has 0 aliphatic rings. The molecular weight excluding hydrogens is 478 g/mol. The quantitative estimate of drug-likeness (QED) is 0.252. The normalized spacial score (nSPS) is 11.1. The number of carbonyl (C=O) groups excluding carboxylic acids is 1. The predicted molar refractivity (Wildman–Crippen MR) is 128 cm³/mol. The summed E-state index contributed by atoms with van der Waals surface area (Å²) in [4.78, 5) is 18.2. The third-order valence-electron chi connectivity index (χ3n) is 4.47. The van der Waals surface area contributed by atoms with Gasteiger partial charge in [-0.15, -0.1) is 0 Å². The minimum absolute atomic E-state index is 0.326. The molecule has 1 aromatic heterocycles. The van der Waals surface area contributed by atoms with E-state index in [9.17, 15) is 4.79 Å². The lowest BCUT2D eigenvalue weighted by atomic mass is 10.1. The largest absolute Gasteiger partial charge is 0.493 e. The molecule has 0 radical (unpaired) electrons. The van der Waals surface area contributed by atoms with Gasteiger partial charge in [-0.2, -0.15) is 10.1 Å². The monoisotopic (exact) mass is 495 g/mol. The fourth-order valence-electron chi connectivity index (χ4n) is 3.00. The Labute approximate surface area is 191 Å². The maximum atomic E-state index is 13.6. The number of hydrogen-bond acceptors (Lipinski definition) is 6. The van der Waals surface area contributed by atoms with E-state index in [2.05, 4.69) is 26.0 Å². The molecule has 0 saturated heterocycles. The summed E-state index contributed by atoms with van der Waals surface area (Å²) in [5.41, 5.74) is 1.97. The number of nitrogens with zero attached hydrogens (tertiary/aromatic N) is 3. The summed E-state index contributed by atoms with van der Waals surface area (Å²) in [5, 5.41) is 6.24. The Balaban J connectivity index is 1.82. The van der Waals surface area contributed by atoms with Crippen LogP contribution in [0.3, 0.4) is 0 Å². The Kier molecular flexibility index (Phi) is 6.29. The van der Waals surface area contributed by atoms with Gasteiger partial charge in [0.25, 0.3) is 5.91 Å². The summed E-state index contributed by atoms with van der Waals surface area (Å²) < 4.78 is 12.7. The first-order valence-electron chi connectivity index (χ1n) is 9.31. The van der Waals surface area contributed by atoms with Crippen LogP contribution in [-0.2, 0) is 0 Å². The van der Waals surface area contributed by atoms with Crippen LogP contribution in [0.25, 0.3) is 10.2 Å². The summed E-state index contributed by atoms with van der Waals surface area (Å²) in [5.74, 6) is 0.438. The summed E-state index contributed by atoms with van der Waals surface area (Å²) in [6.45, 7) is 0. The summed E-state index contributed by atoms with van der Waals surface area (Å²) in [7, 11) is 3.03. The first-order chi connectivity index (χ1) is 15.1. The zero-order valence-electron chi connectivity index (χ0n) is 16.8. The van der Waals surface area contributed by atoms with Gasteiger partial charge in [0.2, 0.25) is 5.13 Å². The van der Waals surface area contributed by atoms with Crippen molar-refractivity contribution >= 4 is 54.7 Å². The van der Waals surface area contributed by atoms with E-state index in [-0.39, 0.29) is 5.91 Å². The number of ether oxygens (including phenoxy) is 2. The van der Waals surface area contributed by atoms with Crippen LogP contribution in [-0.4, -0.2) is 31.3 Å². The van der Waals surface area contributed by atoms with Crippen molar-refractivity contribution < 1.29 is 14.3 Å². The van der Waals surface area contributed by atoms with Crippen LogP contribution >= 0.6 is 27.3 Å². The van der Waals surface area contributed by atoms with Crippen LogP contribution in [0.1, 0.15) is 15.9 Å². The van der Waals surface area contributed by atoms with Crippen molar-refractivity contribution in [2.75, 3.05) is 19.2 Å². The van der Waals surface area contributed by atoms with Crippen molar-refractivity contribution in [3.63, 3.8) is 0 Å². The maximum Gasteiger partial charge on any atom is 0.284 e. The number of rotatable bonds is 6. The topological polar surface area (TPSA) is 64.0 Å². The lowest BCUT2D eigenvalue weighted by Gasteiger charge is -2.17. The number of methoxy groups -OCH3 is 2. The molecule has 0 atom stereocenters. The number of anilines is 1. The van der Waals surface area contributed by atoms with Gasteiger partial charge in [-0.3, -0.25) is 4.79 Å². The molecule has 3 aromatic carbocycles. The highest BCUT2D eigenvalue weighted by Gasteiger charge is 2.25. The number of hydrazone groups is 1. The van der Waals surface area contributed by atoms with Crippen molar-refractivity contribution in [2.24, 2.45) is 5.10 Å². The van der Waals surface area contributed by atoms with Gasteiger partial charge in [0.1, 0.15) is 0 Å². The standard InChI is InChI=1S/C23H18BrN3O3S/c1-29-19-10-6-9-17(21(19)30-2)22(28)27(25-14-15-7-4-3-5-8-15)23-26-18-12-11-16(24)13-20(18)31-23/h3-14H,1-2H3/b25-14+. The van der Waals surface area contributed by atoms with E-state index in [1.807, 2.05) is 48.5 Å². The second kappa shape index (κ2) is 9.28. The van der Waals surface area contributed by atoms with Gasteiger partial charge in [0.05, 0.1) is 36.2 Å². The van der Waals surface area contributed by atoms with Crippen LogP contribution in [0.15, 0.2) is 76.3 Å². The van der Waals surface area contributed by atoms with Crippen LogP contribution in [0.5, 0.6) is 11.5 Å². The minimum atomic E-state index is -0.374. The molecule has 0 saturated carbocycles. The average Bonchev–Trinajstić information content (AvgIpc) is 3.21. The fraction of sp³-hybridized carbons (Fsp3) is 0.0870. The van der Waals surface area contributed by atoms with E-state index in [0.717, 1.165) is 20.3 Å². The molecule has 0 bridgehead atoms. The number of benzene rings is 3. The van der Waals surface area contributed by atoms with Gasteiger partial charge >= 0.3 is 0 Å². The molecule has 4 aromatic rings. The highest BCUT2D eigenvalue weighted by atomic mass is 79.9. The lowest BCUT2D eigenvalue weighted by molar-refractivity contribution is 0.0984. The number of hydrogen-bond donors (Lipinski definition) is 0. The molecule has 0 N–H and O–H groups in total. The van der Waals surface area contributed by atoms with Crippen molar-refractivity contribution in [3.05, 3.63) is 82.3 Å². The van der Waals surface area contributed by atoms with Gasteiger partial charge in [-0.05, 0) is 35.9 Å². The zero-order chi connectivity index (χ0) is 21.8. The second-order valence-corrected chi connectivity index (χ2v) is 8.35. The van der Waals surface area contributed by atoms with Crippen molar-refractivity contribution in [2.45, 2.75) is 0 Å². The van der Waals surface area contributed by atoms with Crippen LogP contribution in [0.2, 0.25) is 0 Å². The number of carbonyl (C=O) groups is 1. The van der Waals surface area contributed by atoms with E-state index in [0.29, 0.717) is 22.2 Å². The lowest BCUT2D eigenvalue weighted by Crippen LogP contribution is -2.26. The van der Waals surface area contributed by atoms with E-state index in [4.69, 9.17) is 9.47 Å². The molecule has 1 heterocycles. The first-order valence-corrected chi connectivity index (χ1v) is 10.9. The Morgan fingerprint density at radius 2 is 1.87 bits per heavy atom. The van der Waals surface area contributed by atoms with Crippen molar-refractivity contribution in [1.82, 2.24) is 4.98 Å². The molecule has 0 aliphatic heterocycles. The number of aromatic nitrogens is 1. The van der Waals surface area contributed by atoms with Crippen LogP contribution < -0.4 is 14.5 Å². The highest BCUT2D eigenvalue weighted by molar-refractivity contribution is 9.10. The number of amides is 1. The molecule has 0 spiro atoms. The Bertz CT molecular complexity index is 1260. The Morgan fingerprint density at radius 3 is 2.61 bits per heavy atom. The fourth-order valence-corrected chi connectivity index (χ4v) is 4.47. The third kappa shape index (κ3) is 4.45. The van der Waals surface area contributed by atoms with Gasteiger partial charge in [0, 0.05) is 4.47 Å². The summed E-state index contributed by atoms with van der Waals surface area (Å²) >= 11 is 4.86. The Hall–Kier alpha value is -3.23. The zero-order valence-corrected chi connectivity index (χ0v) is 19.2. The molecule has 1 amide bonds. The first kappa shape index (κ1) is 21.0. The third-order valence-corrected chi connectivity index (χ3v) is 5.95. The molecule has 6 nitrogen and oxygen atoms in total. The number of thiazole rings is 1. The van der Waals surface area contributed by atoms with Gasteiger partial charge in [-0.25, -0.2) is 4.98 Å². The molecule has 0 unspecified atom stereocenters. The summed E-state index contributed by atoms with van der Waals surface area (Å²) in [6.07, 6.45) is 1.63. The molecule has 156 valence electrons. The summed E-state index contributed by atoms with van der Waals surface area (Å²) in [6, 6.07) is 20.5. The minimum Gasteiger partial charge on any atom is -0.493 e. The van der Waals surface area contributed by atoms with E-state index < -0.39 is 0 Å².